The van der Waals surface area contributed by atoms with Crippen molar-refractivity contribution >= 4 is 16.3 Å². The molecular formula is C15H15N3OS. The van der Waals surface area contributed by atoms with E-state index in [4.69, 9.17) is 10.5 Å². The zero-order valence-electron chi connectivity index (χ0n) is 11.0. The summed E-state index contributed by atoms with van der Waals surface area (Å²) < 4.78 is 7.86. The van der Waals surface area contributed by atoms with E-state index in [0.29, 0.717) is 6.61 Å². The second-order valence-corrected chi connectivity index (χ2v) is 5.99. The molecule has 2 heterocycles. The molecule has 0 saturated carbocycles. The minimum atomic E-state index is 0.193. The van der Waals surface area contributed by atoms with Crippen LogP contribution < -0.4 is 10.5 Å². The van der Waals surface area contributed by atoms with Crippen LogP contribution in [0.3, 0.4) is 0 Å². The standard InChI is InChI=1S/C15H15N3OS/c16-14-4-1-10-7-12(2-3-13(10)14)19-9-11-8-18-5-6-20-15(18)17-11/h2-3,5-8,14H,1,4,9,16H2/t14-/m1/s1. The van der Waals surface area contributed by atoms with Gasteiger partial charge in [-0.25, -0.2) is 4.98 Å². The van der Waals surface area contributed by atoms with Crippen molar-refractivity contribution in [3.05, 3.63) is 52.8 Å². The van der Waals surface area contributed by atoms with Crippen molar-refractivity contribution in [2.75, 3.05) is 0 Å². The Morgan fingerprint density at radius 1 is 1.45 bits per heavy atom. The monoisotopic (exact) mass is 285 g/mol. The molecule has 1 aliphatic rings. The Balaban J connectivity index is 1.50. The maximum atomic E-state index is 6.04. The van der Waals surface area contributed by atoms with Crippen molar-refractivity contribution in [1.82, 2.24) is 9.38 Å². The first-order valence-electron chi connectivity index (χ1n) is 6.72. The molecule has 102 valence electrons. The summed E-state index contributed by atoms with van der Waals surface area (Å²) in [7, 11) is 0. The fraction of sp³-hybridized carbons (Fsp3) is 0.267. The fourth-order valence-corrected chi connectivity index (χ4v) is 3.44. The molecule has 0 aliphatic heterocycles. The van der Waals surface area contributed by atoms with Crippen LogP contribution in [0.25, 0.3) is 4.96 Å². The molecule has 5 heteroatoms. The average molecular weight is 285 g/mol. The highest BCUT2D eigenvalue weighted by Crippen LogP contribution is 2.32. The molecule has 0 unspecified atom stereocenters. The highest BCUT2D eigenvalue weighted by Gasteiger charge is 2.19. The number of thiazole rings is 1. The number of aromatic nitrogens is 2. The lowest BCUT2D eigenvalue weighted by Crippen LogP contribution is -2.05. The van der Waals surface area contributed by atoms with E-state index in [1.807, 2.05) is 28.2 Å². The van der Waals surface area contributed by atoms with Gasteiger partial charge in [0, 0.05) is 23.8 Å². The number of aryl methyl sites for hydroxylation is 1. The van der Waals surface area contributed by atoms with Gasteiger partial charge in [0.25, 0.3) is 0 Å². The van der Waals surface area contributed by atoms with Crippen molar-refractivity contribution in [2.45, 2.75) is 25.5 Å². The van der Waals surface area contributed by atoms with E-state index in [2.05, 4.69) is 17.1 Å². The second-order valence-electron chi connectivity index (χ2n) is 5.12. The van der Waals surface area contributed by atoms with Gasteiger partial charge in [-0.1, -0.05) is 6.07 Å². The zero-order chi connectivity index (χ0) is 13.5. The maximum Gasteiger partial charge on any atom is 0.193 e. The Morgan fingerprint density at radius 3 is 3.30 bits per heavy atom. The Kier molecular flexibility index (Phi) is 2.75. The molecule has 1 aliphatic carbocycles. The number of nitrogens with two attached hydrogens (primary N) is 1. The summed E-state index contributed by atoms with van der Waals surface area (Å²) in [5.41, 5.74) is 9.58. The lowest BCUT2D eigenvalue weighted by Gasteiger charge is -2.08. The number of hydrogen-bond donors (Lipinski definition) is 1. The summed E-state index contributed by atoms with van der Waals surface area (Å²) in [4.78, 5) is 5.51. The number of benzene rings is 1. The van der Waals surface area contributed by atoms with Gasteiger partial charge in [-0.15, -0.1) is 11.3 Å². The minimum Gasteiger partial charge on any atom is -0.487 e. The molecule has 20 heavy (non-hydrogen) atoms. The van der Waals surface area contributed by atoms with Crippen molar-refractivity contribution < 1.29 is 4.74 Å². The topological polar surface area (TPSA) is 52.5 Å². The lowest BCUT2D eigenvalue weighted by atomic mass is 10.1. The number of fused-ring (bicyclic) bond motifs is 2. The van der Waals surface area contributed by atoms with Gasteiger partial charge in [-0.3, -0.25) is 4.40 Å². The summed E-state index contributed by atoms with van der Waals surface area (Å²) >= 11 is 1.63. The van der Waals surface area contributed by atoms with Crippen LogP contribution in [-0.4, -0.2) is 9.38 Å². The number of hydrogen-bond acceptors (Lipinski definition) is 4. The number of nitrogens with zero attached hydrogens (tertiary/aromatic N) is 2. The van der Waals surface area contributed by atoms with Crippen molar-refractivity contribution in [3.8, 4) is 5.75 Å². The number of imidazole rings is 1. The lowest BCUT2D eigenvalue weighted by molar-refractivity contribution is 0.302. The van der Waals surface area contributed by atoms with E-state index in [-0.39, 0.29) is 6.04 Å². The average Bonchev–Trinajstić information content (AvgIpc) is 3.11. The summed E-state index contributed by atoms with van der Waals surface area (Å²) in [6, 6.07) is 6.40. The Labute approximate surface area is 120 Å². The largest absolute Gasteiger partial charge is 0.487 e. The maximum absolute atomic E-state index is 6.04. The van der Waals surface area contributed by atoms with Gasteiger partial charge in [-0.05, 0) is 36.1 Å². The fourth-order valence-electron chi connectivity index (χ4n) is 2.72. The second kappa shape index (κ2) is 4.61. The van der Waals surface area contributed by atoms with Gasteiger partial charge >= 0.3 is 0 Å². The van der Waals surface area contributed by atoms with Crippen LogP contribution in [0, 0.1) is 0 Å². The van der Waals surface area contributed by atoms with E-state index in [1.54, 1.807) is 11.3 Å². The van der Waals surface area contributed by atoms with E-state index in [9.17, 15) is 0 Å². The molecule has 0 amide bonds. The molecule has 0 fully saturated rings. The SMILES string of the molecule is N[C@@H]1CCc2cc(OCc3cn4ccsc4n3)ccc21. The Morgan fingerprint density at radius 2 is 2.40 bits per heavy atom. The van der Waals surface area contributed by atoms with Crippen LogP contribution in [0.2, 0.25) is 0 Å². The van der Waals surface area contributed by atoms with E-state index in [1.165, 1.54) is 11.1 Å². The molecule has 1 aromatic carbocycles. The molecule has 0 spiro atoms. The number of rotatable bonds is 3. The number of ether oxygens (including phenoxy) is 1. The third kappa shape index (κ3) is 1.99. The van der Waals surface area contributed by atoms with E-state index < -0.39 is 0 Å². The highest BCUT2D eigenvalue weighted by molar-refractivity contribution is 7.15. The van der Waals surface area contributed by atoms with Gasteiger partial charge in [0.15, 0.2) is 4.96 Å². The zero-order valence-corrected chi connectivity index (χ0v) is 11.8. The normalized spacial score (nSPS) is 17.6. The van der Waals surface area contributed by atoms with Crippen LogP contribution in [0.15, 0.2) is 36.0 Å². The van der Waals surface area contributed by atoms with Crippen molar-refractivity contribution in [3.63, 3.8) is 0 Å². The summed E-state index contributed by atoms with van der Waals surface area (Å²) in [5.74, 6) is 0.897. The van der Waals surface area contributed by atoms with Gasteiger partial charge in [0.05, 0.1) is 5.69 Å². The molecular weight excluding hydrogens is 270 g/mol. The highest BCUT2D eigenvalue weighted by atomic mass is 32.1. The Hall–Kier alpha value is -1.85. The molecule has 4 rings (SSSR count). The van der Waals surface area contributed by atoms with Crippen LogP contribution in [-0.2, 0) is 13.0 Å². The molecule has 2 aromatic heterocycles. The molecule has 0 bridgehead atoms. The molecule has 3 aromatic rings. The quantitative estimate of drug-likeness (QED) is 0.805. The van der Waals surface area contributed by atoms with Crippen LogP contribution in [0.1, 0.15) is 29.3 Å². The summed E-state index contributed by atoms with van der Waals surface area (Å²) in [5, 5.41) is 2.02. The first kappa shape index (κ1) is 11.9. The minimum absolute atomic E-state index is 0.193. The van der Waals surface area contributed by atoms with Crippen LogP contribution in [0.4, 0.5) is 0 Å². The third-order valence-electron chi connectivity index (χ3n) is 3.77. The molecule has 2 N–H and O–H groups in total. The van der Waals surface area contributed by atoms with Crippen molar-refractivity contribution in [1.29, 1.82) is 0 Å². The third-order valence-corrected chi connectivity index (χ3v) is 4.54. The first-order valence-corrected chi connectivity index (χ1v) is 7.60. The predicted octanol–water partition coefficient (Wildman–Crippen LogP) is 2.92. The Bertz CT molecular complexity index is 733. The van der Waals surface area contributed by atoms with Gasteiger partial charge in [0.1, 0.15) is 12.4 Å². The van der Waals surface area contributed by atoms with Gasteiger partial charge in [0.2, 0.25) is 0 Å². The van der Waals surface area contributed by atoms with Crippen LogP contribution in [0.5, 0.6) is 5.75 Å². The molecule has 0 saturated heterocycles. The molecule has 4 nitrogen and oxygen atoms in total. The predicted molar refractivity (Wildman–Crippen MR) is 79.1 cm³/mol. The van der Waals surface area contributed by atoms with Gasteiger partial charge < -0.3 is 10.5 Å². The summed E-state index contributed by atoms with van der Waals surface area (Å²) in [6.45, 7) is 0.499. The van der Waals surface area contributed by atoms with Crippen molar-refractivity contribution in [2.24, 2.45) is 5.73 Å². The first-order chi connectivity index (χ1) is 9.79. The molecule has 1 atom stereocenters. The van der Waals surface area contributed by atoms with E-state index >= 15 is 0 Å². The summed E-state index contributed by atoms with van der Waals surface area (Å²) in [6.07, 6.45) is 6.10. The van der Waals surface area contributed by atoms with E-state index in [0.717, 1.165) is 29.2 Å². The molecule has 0 radical (unpaired) electrons. The van der Waals surface area contributed by atoms with Crippen LogP contribution >= 0.6 is 11.3 Å². The smallest absolute Gasteiger partial charge is 0.193 e. The van der Waals surface area contributed by atoms with Gasteiger partial charge in [-0.2, -0.15) is 0 Å².